The molecule has 0 saturated carbocycles. The first-order chi connectivity index (χ1) is 34.6. The molecule has 0 radical (unpaired) electrons. The fourth-order valence-electron chi connectivity index (χ4n) is 7.89. The zero-order chi connectivity index (χ0) is 50.6. The molecule has 5 nitrogen and oxygen atoms in total. The lowest BCUT2D eigenvalue weighted by Crippen LogP contribution is -2.30. The van der Waals surface area contributed by atoms with E-state index >= 15 is 0 Å². The summed E-state index contributed by atoms with van der Waals surface area (Å²) in [4.78, 5) is 25.5. The normalized spacial score (nSPS) is 13.0. The Morgan fingerprint density at radius 2 is 0.643 bits per heavy atom. The number of carbonyl (C=O) groups excluding carboxylic acids is 2. The fraction of sp³-hybridized carbons (Fsp3) is 0.692. The van der Waals surface area contributed by atoms with E-state index in [0.29, 0.717) is 19.4 Å². The van der Waals surface area contributed by atoms with Crippen LogP contribution in [0.1, 0.15) is 265 Å². The Hall–Kier alpha value is -3.44. The average Bonchev–Trinajstić information content (AvgIpc) is 3.36. The quantitative estimate of drug-likeness (QED) is 0.0345. The monoisotopic (exact) mass is 971 g/mol. The van der Waals surface area contributed by atoms with Crippen molar-refractivity contribution in [1.29, 1.82) is 0 Å². The summed E-state index contributed by atoms with van der Waals surface area (Å²) in [6.45, 7) is 7.62. The smallest absolute Gasteiger partial charge is 0.306 e. The second-order valence-corrected chi connectivity index (χ2v) is 19.2. The molecule has 0 saturated heterocycles. The van der Waals surface area contributed by atoms with E-state index in [4.69, 9.17) is 14.2 Å². The summed E-state index contributed by atoms with van der Waals surface area (Å²) in [7, 11) is 0. The minimum atomic E-state index is -0.563. The van der Waals surface area contributed by atoms with Gasteiger partial charge in [-0.1, -0.05) is 233 Å². The average molecular weight is 972 g/mol. The largest absolute Gasteiger partial charge is 0.462 e. The molecule has 5 heteroatoms. The Bertz CT molecular complexity index is 1380. The number of carbonyl (C=O) groups is 2. The Kier molecular flexibility index (Phi) is 56.9. The number of unbranched alkanes of at least 4 members (excludes halogenated alkanes) is 24. The van der Waals surface area contributed by atoms with Gasteiger partial charge >= 0.3 is 11.9 Å². The fourth-order valence-corrected chi connectivity index (χ4v) is 7.89. The van der Waals surface area contributed by atoms with Gasteiger partial charge < -0.3 is 14.2 Å². The minimum Gasteiger partial charge on any atom is -0.462 e. The first kappa shape index (κ1) is 66.6. The molecule has 0 spiro atoms. The van der Waals surface area contributed by atoms with E-state index in [9.17, 15) is 9.59 Å². The minimum absolute atomic E-state index is 0.0626. The molecule has 70 heavy (non-hydrogen) atoms. The Labute approximate surface area is 434 Å². The number of hydrogen-bond donors (Lipinski definition) is 0. The number of rotatable bonds is 53. The summed E-state index contributed by atoms with van der Waals surface area (Å²) in [6, 6.07) is 0. The van der Waals surface area contributed by atoms with Gasteiger partial charge in [-0.05, 0) is 128 Å². The van der Waals surface area contributed by atoms with Crippen LogP contribution in [0.15, 0.2) is 109 Å². The van der Waals surface area contributed by atoms with Gasteiger partial charge in [0.25, 0.3) is 0 Å². The van der Waals surface area contributed by atoms with Gasteiger partial charge in [0, 0.05) is 19.4 Å². The lowest BCUT2D eigenvalue weighted by Gasteiger charge is -2.18. The van der Waals surface area contributed by atoms with Crippen molar-refractivity contribution in [3.63, 3.8) is 0 Å². The SMILES string of the molecule is CC/C=C\C/C=C\C/C=C\C/C=C\CCCCCCCCCOCC(COC(=O)CCCCCCCC/C=C\C/C=C\C/C=C\CCCCC)OC(=O)CCCCCCC/C=C\C/C=C\CCCCC. The van der Waals surface area contributed by atoms with Crippen molar-refractivity contribution in [1.82, 2.24) is 0 Å². The number of esters is 2. The van der Waals surface area contributed by atoms with Crippen molar-refractivity contribution in [3.05, 3.63) is 109 Å². The Morgan fingerprint density at radius 3 is 1.03 bits per heavy atom. The van der Waals surface area contributed by atoms with Gasteiger partial charge in [0.1, 0.15) is 6.61 Å². The molecule has 0 heterocycles. The van der Waals surface area contributed by atoms with Crippen LogP contribution >= 0.6 is 0 Å². The summed E-state index contributed by atoms with van der Waals surface area (Å²) in [5, 5.41) is 0. The van der Waals surface area contributed by atoms with Gasteiger partial charge in [-0.15, -0.1) is 0 Å². The van der Waals surface area contributed by atoms with E-state index in [-0.39, 0.29) is 25.2 Å². The lowest BCUT2D eigenvalue weighted by atomic mass is 10.1. The molecule has 0 aromatic carbocycles. The van der Waals surface area contributed by atoms with Crippen molar-refractivity contribution in [2.45, 2.75) is 271 Å². The van der Waals surface area contributed by atoms with Crippen molar-refractivity contribution in [2.24, 2.45) is 0 Å². The molecule has 0 bridgehead atoms. The zero-order valence-corrected chi connectivity index (χ0v) is 46.0. The number of allylic oxidation sites excluding steroid dienone is 18. The second kappa shape index (κ2) is 59.9. The number of hydrogen-bond acceptors (Lipinski definition) is 5. The van der Waals surface area contributed by atoms with Crippen LogP contribution in [0.4, 0.5) is 0 Å². The van der Waals surface area contributed by atoms with Crippen LogP contribution < -0.4 is 0 Å². The van der Waals surface area contributed by atoms with E-state index in [1.165, 1.54) is 116 Å². The van der Waals surface area contributed by atoms with Crippen molar-refractivity contribution < 1.29 is 23.8 Å². The molecule has 400 valence electrons. The third-order valence-electron chi connectivity index (χ3n) is 12.3. The van der Waals surface area contributed by atoms with Crippen molar-refractivity contribution in [2.75, 3.05) is 19.8 Å². The van der Waals surface area contributed by atoms with E-state index in [1.807, 2.05) is 0 Å². The summed E-state index contributed by atoms with van der Waals surface area (Å²) < 4.78 is 17.5. The van der Waals surface area contributed by atoms with E-state index < -0.39 is 6.10 Å². The highest BCUT2D eigenvalue weighted by molar-refractivity contribution is 5.70. The molecular weight excluding hydrogens is 861 g/mol. The molecular formula is C65H110O5. The predicted molar refractivity (Wildman–Crippen MR) is 306 cm³/mol. The van der Waals surface area contributed by atoms with Crippen LogP contribution in [0.25, 0.3) is 0 Å². The first-order valence-corrected chi connectivity index (χ1v) is 29.4. The predicted octanol–water partition coefficient (Wildman–Crippen LogP) is 20.3. The van der Waals surface area contributed by atoms with Crippen molar-refractivity contribution >= 4 is 11.9 Å². The summed E-state index contributed by atoms with van der Waals surface area (Å²) in [5.74, 6) is -0.434. The maximum atomic E-state index is 12.9. The van der Waals surface area contributed by atoms with E-state index in [1.54, 1.807) is 0 Å². The van der Waals surface area contributed by atoms with Crippen molar-refractivity contribution in [3.8, 4) is 0 Å². The molecule has 0 amide bonds. The highest BCUT2D eigenvalue weighted by atomic mass is 16.6. The van der Waals surface area contributed by atoms with Crippen LogP contribution in [0.3, 0.4) is 0 Å². The Morgan fingerprint density at radius 1 is 0.329 bits per heavy atom. The van der Waals surface area contributed by atoms with Crippen LogP contribution in [-0.4, -0.2) is 37.9 Å². The highest BCUT2D eigenvalue weighted by Crippen LogP contribution is 2.14. The molecule has 0 aliphatic heterocycles. The van der Waals surface area contributed by atoms with Crippen LogP contribution in [-0.2, 0) is 23.8 Å². The summed E-state index contributed by atoms with van der Waals surface area (Å²) in [6.07, 6.45) is 82.5. The third kappa shape index (κ3) is 57.1. The zero-order valence-electron chi connectivity index (χ0n) is 46.0. The molecule has 0 aromatic rings. The standard InChI is InChI=1S/C65H110O5/c1-4-7-10-13-16-19-22-25-28-30-32-34-36-39-42-45-48-51-54-57-60-68-61-63(70-65(67)59-56-53-50-47-44-41-37-27-24-21-18-15-12-9-6-3)62-69-64(66)58-55-52-49-46-43-40-38-35-33-31-29-26-23-20-17-14-11-8-5-2/h7,10,16-21,25-29,32-35,37,63H,4-6,8-9,11-15,22-24,30-31,36,38-62H2,1-3H3/b10-7-,19-16-,20-17-,21-18-,28-25-,29-26-,34-32-,35-33-,37-27-. The molecule has 0 N–H and O–H groups in total. The summed E-state index contributed by atoms with van der Waals surface area (Å²) in [5.41, 5.74) is 0. The summed E-state index contributed by atoms with van der Waals surface area (Å²) >= 11 is 0. The van der Waals surface area contributed by atoms with Crippen LogP contribution in [0.5, 0.6) is 0 Å². The van der Waals surface area contributed by atoms with Gasteiger partial charge in [-0.2, -0.15) is 0 Å². The molecule has 0 aromatic heterocycles. The van der Waals surface area contributed by atoms with Gasteiger partial charge in [0.05, 0.1) is 6.61 Å². The van der Waals surface area contributed by atoms with Gasteiger partial charge in [0.15, 0.2) is 6.10 Å². The Balaban J connectivity index is 4.35. The molecule has 0 aliphatic rings. The first-order valence-electron chi connectivity index (χ1n) is 29.4. The number of ether oxygens (including phenoxy) is 3. The maximum absolute atomic E-state index is 12.9. The van der Waals surface area contributed by atoms with Gasteiger partial charge in [-0.25, -0.2) is 0 Å². The van der Waals surface area contributed by atoms with Gasteiger partial charge in [-0.3, -0.25) is 9.59 Å². The van der Waals surface area contributed by atoms with Gasteiger partial charge in [0.2, 0.25) is 0 Å². The van der Waals surface area contributed by atoms with Crippen LogP contribution in [0, 0.1) is 0 Å². The van der Waals surface area contributed by atoms with Crippen LogP contribution in [0.2, 0.25) is 0 Å². The highest BCUT2D eigenvalue weighted by Gasteiger charge is 2.17. The molecule has 1 unspecified atom stereocenters. The topological polar surface area (TPSA) is 61.8 Å². The third-order valence-corrected chi connectivity index (χ3v) is 12.3. The van der Waals surface area contributed by atoms with E-state index in [2.05, 4.69) is 130 Å². The lowest BCUT2D eigenvalue weighted by molar-refractivity contribution is -0.163. The maximum Gasteiger partial charge on any atom is 0.306 e. The molecule has 1 atom stereocenters. The van der Waals surface area contributed by atoms with E-state index in [0.717, 1.165) is 116 Å². The molecule has 0 fully saturated rings. The molecule has 0 aliphatic carbocycles. The molecule has 0 rings (SSSR count). The second-order valence-electron chi connectivity index (χ2n) is 19.2.